The van der Waals surface area contributed by atoms with Gasteiger partial charge in [-0.1, -0.05) is 17.2 Å². The van der Waals surface area contributed by atoms with E-state index >= 15 is 0 Å². The van der Waals surface area contributed by atoms with Crippen molar-refractivity contribution in [1.29, 1.82) is 0 Å². The molecule has 0 spiro atoms. The maximum absolute atomic E-state index is 12.8. The smallest absolute Gasteiger partial charge is 0.323 e. The summed E-state index contributed by atoms with van der Waals surface area (Å²) in [4.78, 5) is 40.4. The van der Waals surface area contributed by atoms with Gasteiger partial charge in [-0.05, 0) is 23.6 Å². The first-order chi connectivity index (χ1) is 10.5. The van der Waals surface area contributed by atoms with Gasteiger partial charge in [0.1, 0.15) is 4.88 Å². The van der Waals surface area contributed by atoms with Crippen LogP contribution in [-0.2, 0) is 4.84 Å². The molecule has 1 aliphatic rings. The van der Waals surface area contributed by atoms with Gasteiger partial charge in [-0.3, -0.25) is 9.59 Å². The second kappa shape index (κ2) is 5.30. The molecule has 0 unspecified atom stereocenters. The summed E-state index contributed by atoms with van der Waals surface area (Å²) < 4.78 is 25.5. The van der Waals surface area contributed by atoms with Crippen LogP contribution in [-0.4, -0.2) is 22.8 Å². The normalized spacial score (nSPS) is 13.7. The summed E-state index contributed by atoms with van der Waals surface area (Å²) in [5.74, 6) is -2.77. The number of nitrogens with zero attached hydrogens (tertiary/aromatic N) is 1. The van der Waals surface area contributed by atoms with E-state index in [9.17, 15) is 23.2 Å². The molecule has 0 aliphatic carbocycles. The largest absolute Gasteiger partial charge is 0.374 e. The average Bonchev–Trinajstić information content (AvgIpc) is 3.08. The number of carbonyl (C=O) groups excluding carboxylic acids is 3. The highest BCUT2D eigenvalue weighted by molar-refractivity contribution is 7.12. The Labute approximate surface area is 126 Å². The topological polar surface area (TPSA) is 63.7 Å². The second-order valence-electron chi connectivity index (χ2n) is 4.33. The minimum Gasteiger partial charge on any atom is -0.323 e. The fourth-order valence-electron chi connectivity index (χ4n) is 2.03. The molecule has 22 heavy (non-hydrogen) atoms. The van der Waals surface area contributed by atoms with Crippen LogP contribution in [0.3, 0.4) is 0 Å². The molecule has 8 heteroatoms. The lowest BCUT2D eigenvalue weighted by molar-refractivity contribution is -0.0583. The molecule has 0 bridgehead atoms. The van der Waals surface area contributed by atoms with Gasteiger partial charge in [0.25, 0.3) is 18.2 Å². The number of hydroxylamine groups is 2. The third-order valence-corrected chi connectivity index (χ3v) is 3.96. The number of benzene rings is 1. The summed E-state index contributed by atoms with van der Waals surface area (Å²) in [5, 5.41) is 1.60. The van der Waals surface area contributed by atoms with Crippen molar-refractivity contribution in [3.8, 4) is 0 Å². The van der Waals surface area contributed by atoms with Gasteiger partial charge in [-0.2, -0.15) is 0 Å². The number of alkyl halides is 2. The van der Waals surface area contributed by atoms with Crippen LogP contribution < -0.4 is 0 Å². The molecule has 2 heterocycles. The van der Waals surface area contributed by atoms with Gasteiger partial charge in [0, 0.05) is 5.56 Å². The highest BCUT2D eigenvalue weighted by Crippen LogP contribution is 2.29. The van der Waals surface area contributed by atoms with Crippen LogP contribution in [0.4, 0.5) is 8.78 Å². The predicted octanol–water partition coefficient (Wildman–Crippen LogP) is 3.05. The van der Waals surface area contributed by atoms with Crippen molar-refractivity contribution in [2.24, 2.45) is 0 Å². The minimum atomic E-state index is -2.85. The number of hydrogen-bond donors (Lipinski definition) is 0. The molecule has 0 saturated heterocycles. The SMILES string of the molecule is O=C(ON1C(=O)c2ccccc2C1=O)c1sccc1C(F)F. The van der Waals surface area contributed by atoms with Crippen molar-refractivity contribution in [1.82, 2.24) is 5.06 Å². The monoisotopic (exact) mass is 323 g/mol. The van der Waals surface area contributed by atoms with Crippen LogP contribution >= 0.6 is 11.3 Å². The number of amides is 2. The molecular formula is C14H7F2NO4S. The Bertz CT molecular complexity index is 752. The fourth-order valence-corrected chi connectivity index (χ4v) is 2.81. The summed E-state index contributed by atoms with van der Waals surface area (Å²) in [5.41, 5.74) is -0.298. The van der Waals surface area contributed by atoms with Crippen LogP contribution in [0.1, 0.15) is 42.4 Å². The molecule has 0 saturated carbocycles. The first kappa shape index (κ1) is 14.3. The maximum Gasteiger partial charge on any atom is 0.374 e. The Morgan fingerprint density at radius 3 is 2.23 bits per heavy atom. The van der Waals surface area contributed by atoms with E-state index in [-0.39, 0.29) is 16.0 Å². The van der Waals surface area contributed by atoms with E-state index < -0.39 is 29.8 Å². The predicted molar refractivity (Wildman–Crippen MR) is 71.6 cm³/mol. The molecule has 1 aliphatic heterocycles. The molecule has 1 aromatic heterocycles. The van der Waals surface area contributed by atoms with Gasteiger partial charge in [-0.25, -0.2) is 13.6 Å². The van der Waals surface area contributed by atoms with Crippen molar-refractivity contribution in [2.75, 3.05) is 0 Å². The number of hydrogen-bond acceptors (Lipinski definition) is 5. The van der Waals surface area contributed by atoms with Crippen molar-refractivity contribution >= 4 is 29.1 Å². The molecular weight excluding hydrogens is 316 g/mol. The van der Waals surface area contributed by atoms with Crippen LogP contribution in [0.5, 0.6) is 0 Å². The van der Waals surface area contributed by atoms with E-state index in [1.807, 2.05) is 0 Å². The number of rotatable bonds is 3. The number of halogens is 2. The van der Waals surface area contributed by atoms with E-state index in [1.165, 1.54) is 17.5 Å². The molecule has 112 valence electrons. The number of imide groups is 1. The molecule has 2 aromatic rings. The Hall–Kier alpha value is -2.61. The molecule has 0 N–H and O–H groups in total. The zero-order valence-corrected chi connectivity index (χ0v) is 11.6. The van der Waals surface area contributed by atoms with Crippen LogP contribution in [0, 0.1) is 0 Å². The Balaban J connectivity index is 1.86. The summed E-state index contributed by atoms with van der Waals surface area (Å²) in [7, 11) is 0. The van der Waals surface area contributed by atoms with E-state index in [2.05, 4.69) is 0 Å². The lowest BCUT2D eigenvalue weighted by Gasteiger charge is -2.12. The van der Waals surface area contributed by atoms with Crippen molar-refractivity contribution < 1.29 is 28.0 Å². The highest BCUT2D eigenvalue weighted by Gasteiger charge is 2.39. The zero-order valence-electron chi connectivity index (χ0n) is 10.8. The maximum atomic E-state index is 12.8. The molecule has 0 fully saturated rings. The fraction of sp³-hybridized carbons (Fsp3) is 0.0714. The van der Waals surface area contributed by atoms with Crippen LogP contribution in [0.2, 0.25) is 0 Å². The van der Waals surface area contributed by atoms with Crippen LogP contribution in [0.25, 0.3) is 0 Å². The van der Waals surface area contributed by atoms with Gasteiger partial charge < -0.3 is 4.84 Å². The molecule has 5 nitrogen and oxygen atoms in total. The van der Waals surface area contributed by atoms with Crippen molar-refractivity contribution in [3.63, 3.8) is 0 Å². The van der Waals surface area contributed by atoms with E-state index in [0.29, 0.717) is 5.06 Å². The molecule has 2 amide bonds. The average molecular weight is 323 g/mol. The highest BCUT2D eigenvalue weighted by atomic mass is 32.1. The van der Waals surface area contributed by atoms with E-state index in [4.69, 9.17) is 4.84 Å². The standard InChI is InChI=1S/C14H7F2NO4S/c15-11(16)9-5-6-22-10(9)14(20)21-17-12(18)7-3-1-2-4-8(7)13(17)19/h1-6,11H. The lowest BCUT2D eigenvalue weighted by Crippen LogP contribution is -2.32. The summed E-state index contributed by atoms with van der Waals surface area (Å²) in [6, 6.07) is 7.04. The number of fused-ring (bicyclic) bond motifs is 1. The van der Waals surface area contributed by atoms with Gasteiger partial charge in [0.05, 0.1) is 11.1 Å². The molecule has 3 rings (SSSR count). The minimum absolute atomic E-state index is 0.0977. The van der Waals surface area contributed by atoms with Crippen LogP contribution in [0.15, 0.2) is 35.7 Å². The zero-order chi connectivity index (χ0) is 15.9. The summed E-state index contributed by atoms with van der Waals surface area (Å²) >= 11 is 0.752. The van der Waals surface area contributed by atoms with Crippen molar-refractivity contribution in [3.05, 3.63) is 57.3 Å². The first-order valence-electron chi connectivity index (χ1n) is 6.06. The van der Waals surface area contributed by atoms with Gasteiger partial charge in [-0.15, -0.1) is 11.3 Å². The summed E-state index contributed by atoms with van der Waals surface area (Å²) in [6.45, 7) is 0. The third-order valence-electron chi connectivity index (χ3n) is 3.05. The molecule has 0 radical (unpaired) electrons. The van der Waals surface area contributed by atoms with Gasteiger partial charge in [0.15, 0.2) is 0 Å². The van der Waals surface area contributed by atoms with E-state index in [0.717, 1.165) is 17.4 Å². The van der Waals surface area contributed by atoms with Crippen molar-refractivity contribution in [2.45, 2.75) is 6.43 Å². The second-order valence-corrected chi connectivity index (χ2v) is 5.25. The Kier molecular flexibility index (Phi) is 3.45. The first-order valence-corrected chi connectivity index (χ1v) is 6.94. The van der Waals surface area contributed by atoms with E-state index in [1.54, 1.807) is 12.1 Å². The van der Waals surface area contributed by atoms with Gasteiger partial charge in [0.2, 0.25) is 0 Å². The number of thiophene rings is 1. The third kappa shape index (κ3) is 2.17. The Morgan fingerprint density at radius 2 is 1.68 bits per heavy atom. The Morgan fingerprint density at radius 1 is 1.09 bits per heavy atom. The lowest BCUT2D eigenvalue weighted by atomic mass is 10.1. The van der Waals surface area contributed by atoms with Gasteiger partial charge >= 0.3 is 5.97 Å². The molecule has 0 atom stereocenters. The number of carbonyl (C=O) groups is 3. The molecule has 1 aromatic carbocycles. The summed E-state index contributed by atoms with van der Waals surface area (Å²) in [6.07, 6.45) is -2.85. The quantitative estimate of drug-likeness (QED) is 0.815.